The van der Waals surface area contributed by atoms with E-state index in [4.69, 9.17) is 9.84 Å². The van der Waals surface area contributed by atoms with Gasteiger partial charge in [0.2, 0.25) is 0 Å². The second kappa shape index (κ2) is 7.23. The zero-order chi connectivity index (χ0) is 15.3. The molecule has 7 heteroatoms. The van der Waals surface area contributed by atoms with Crippen LogP contribution in [0.5, 0.6) is 5.75 Å². The van der Waals surface area contributed by atoms with Gasteiger partial charge in [0.25, 0.3) is 5.91 Å². The third-order valence-corrected chi connectivity index (χ3v) is 3.12. The average Bonchev–Trinajstić information content (AvgIpc) is 2.34. The zero-order valence-corrected chi connectivity index (χ0v) is 12.6. The third kappa shape index (κ3) is 4.80. The van der Waals surface area contributed by atoms with Gasteiger partial charge in [0.15, 0.2) is 6.61 Å². The molecular weight excluding hydrogens is 333 g/mol. The molecule has 0 aliphatic heterocycles. The Labute approximate surface area is 124 Å². The first-order valence-electron chi connectivity index (χ1n) is 5.91. The van der Waals surface area contributed by atoms with Crippen molar-refractivity contribution in [2.75, 3.05) is 6.61 Å². The SMILES string of the molecule is CC(C)[C@@H](NC(=O)COc1ccc(F)cc1Br)C(=O)O. The number of ether oxygens (including phenoxy) is 1. The summed E-state index contributed by atoms with van der Waals surface area (Å²) in [5.74, 6) is -2.02. The largest absolute Gasteiger partial charge is 0.483 e. The molecule has 0 spiro atoms. The second-order valence-corrected chi connectivity index (χ2v) is 5.35. The minimum absolute atomic E-state index is 0.242. The molecule has 2 N–H and O–H groups in total. The number of hydrogen-bond acceptors (Lipinski definition) is 3. The normalized spacial score (nSPS) is 12.1. The number of hydrogen-bond donors (Lipinski definition) is 2. The van der Waals surface area contributed by atoms with Gasteiger partial charge < -0.3 is 15.2 Å². The molecule has 0 fully saturated rings. The van der Waals surface area contributed by atoms with Crippen LogP contribution in [0, 0.1) is 11.7 Å². The molecule has 0 bridgehead atoms. The first kappa shape index (κ1) is 16.4. The Morgan fingerprint density at radius 3 is 2.60 bits per heavy atom. The quantitative estimate of drug-likeness (QED) is 0.826. The van der Waals surface area contributed by atoms with E-state index in [2.05, 4.69) is 21.2 Å². The summed E-state index contributed by atoms with van der Waals surface area (Å²) in [5, 5.41) is 11.3. The number of benzene rings is 1. The number of carbonyl (C=O) groups is 2. The molecule has 1 atom stereocenters. The number of amides is 1. The Morgan fingerprint density at radius 2 is 2.10 bits per heavy atom. The van der Waals surface area contributed by atoms with Crippen LogP contribution in [0.15, 0.2) is 22.7 Å². The summed E-state index contributed by atoms with van der Waals surface area (Å²) < 4.78 is 18.4. The highest BCUT2D eigenvalue weighted by atomic mass is 79.9. The van der Waals surface area contributed by atoms with Gasteiger partial charge in [-0.25, -0.2) is 9.18 Å². The van der Waals surface area contributed by atoms with Gasteiger partial charge in [-0.1, -0.05) is 13.8 Å². The summed E-state index contributed by atoms with van der Waals surface area (Å²) in [6, 6.07) is 2.82. The van der Waals surface area contributed by atoms with E-state index in [1.807, 2.05) is 0 Å². The van der Waals surface area contributed by atoms with Crippen LogP contribution in [-0.4, -0.2) is 29.6 Å². The molecule has 0 saturated heterocycles. The predicted molar refractivity (Wildman–Crippen MR) is 74.0 cm³/mol. The van der Waals surface area contributed by atoms with Gasteiger partial charge in [-0.2, -0.15) is 0 Å². The molecule has 1 amide bonds. The number of aliphatic carboxylic acids is 1. The summed E-state index contributed by atoms with van der Waals surface area (Å²) in [4.78, 5) is 22.6. The maximum atomic E-state index is 12.9. The first-order valence-corrected chi connectivity index (χ1v) is 6.70. The number of carboxylic acid groups (broad SMARTS) is 1. The van der Waals surface area contributed by atoms with Crippen LogP contribution in [0.3, 0.4) is 0 Å². The van der Waals surface area contributed by atoms with Gasteiger partial charge in [0.05, 0.1) is 4.47 Å². The Hall–Kier alpha value is -1.63. The molecule has 110 valence electrons. The summed E-state index contributed by atoms with van der Waals surface area (Å²) >= 11 is 3.10. The molecule has 0 aliphatic rings. The zero-order valence-electron chi connectivity index (χ0n) is 11.0. The van der Waals surface area contributed by atoms with Crippen molar-refractivity contribution in [1.82, 2.24) is 5.32 Å². The van der Waals surface area contributed by atoms with Gasteiger partial charge in [-0.05, 0) is 40.0 Å². The van der Waals surface area contributed by atoms with Crippen molar-refractivity contribution in [2.45, 2.75) is 19.9 Å². The molecule has 1 aromatic rings. The molecule has 1 rings (SSSR count). The Bertz CT molecular complexity index is 507. The molecule has 0 aliphatic carbocycles. The summed E-state index contributed by atoms with van der Waals surface area (Å²) in [7, 11) is 0. The maximum absolute atomic E-state index is 12.9. The standard InChI is InChI=1S/C13H15BrFNO4/c1-7(2)12(13(18)19)16-11(17)6-20-10-4-3-8(15)5-9(10)14/h3-5,7,12H,6H2,1-2H3,(H,16,17)(H,18,19)/t12-/m1/s1. The molecule has 0 aromatic heterocycles. The summed E-state index contributed by atoms with van der Waals surface area (Å²) in [6.07, 6.45) is 0. The van der Waals surface area contributed by atoms with E-state index in [0.717, 1.165) is 0 Å². The van der Waals surface area contributed by atoms with Crippen LogP contribution >= 0.6 is 15.9 Å². The van der Waals surface area contributed by atoms with E-state index in [-0.39, 0.29) is 12.5 Å². The highest BCUT2D eigenvalue weighted by Gasteiger charge is 2.23. The van der Waals surface area contributed by atoms with Gasteiger partial charge in [0, 0.05) is 0 Å². The van der Waals surface area contributed by atoms with Crippen LogP contribution in [0.4, 0.5) is 4.39 Å². The van der Waals surface area contributed by atoms with Gasteiger partial charge in [-0.15, -0.1) is 0 Å². The van der Waals surface area contributed by atoms with Gasteiger partial charge >= 0.3 is 5.97 Å². The number of rotatable bonds is 6. The number of carboxylic acids is 1. The van der Waals surface area contributed by atoms with Crippen LogP contribution in [0.1, 0.15) is 13.8 Å². The molecule has 20 heavy (non-hydrogen) atoms. The van der Waals surface area contributed by atoms with Crippen LogP contribution in [0.2, 0.25) is 0 Å². The molecule has 0 radical (unpaired) electrons. The number of nitrogens with one attached hydrogen (secondary N) is 1. The Balaban J connectivity index is 2.57. The predicted octanol–water partition coefficient (Wildman–Crippen LogP) is 2.19. The molecular formula is C13H15BrFNO4. The van der Waals surface area contributed by atoms with Crippen molar-refractivity contribution in [3.63, 3.8) is 0 Å². The van der Waals surface area contributed by atoms with Crippen molar-refractivity contribution in [2.24, 2.45) is 5.92 Å². The van der Waals surface area contributed by atoms with Gasteiger partial charge in [-0.3, -0.25) is 4.79 Å². The van der Waals surface area contributed by atoms with Crippen LogP contribution < -0.4 is 10.1 Å². The highest BCUT2D eigenvalue weighted by molar-refractivity contribution is 9.10. The van der Waals surface area contributed by atoms with E-state index < -0.39 is 23.7 Å². The van der Waals surface area contributed by atoms with E-state index in [9.17, 15) is 14.0 Å². The highest BCUT2D eigenvalue weighted by Crippen LogP contribution is 2.25. The Morgan fingerprint density at radius 1 is 1.45 bits per heavy atom. The molecule has 0 saturated carbocycles. The first-order chi connectivity index (χ1) is 9.31. The van der Waals surface area contributed by atoms with Crippen molar-refractivity contribution in [3.8, 4) is 5.75 Å². The van der Waals surface area contributed by atoms with Crippen LogP contribution in [-0.2, 0) is 9.59 Å². The number of carbonyl (C=O) groups excluding carboxylic acids is 1. The lowest BCUT2D eigenvalue weighted by molar-refractivity contribution is -0.143. The fraction of sp³-hybridized carbons (Fsp3) is 0.385. The topological polar surface area (TPSA) is 75.6 Å². The lowest BCUT2D eigenvalue weighted by Crippen LogP contribution is -2.46. The molecule has 5 nitrogen and oxygen atoms in total. The monoisotopic (exact) mass is 347 g/mol. The van der Waals surface area contributed by atoms with Crippen molar-refractivity contribution in [3.05, 3.63) is 28.5 Å². The minimum atomic E-state index is -1.10. The molecule has 1 aromatic carbocycles. The third-order valence-electron chi connectivity index (χ3n) is 2.50. The van der Waals surface area contributed by atoms with Crippen LogP contribution in [0.25, 0.3) is 0 Å². The molecule has 0 heterocycles. The molecule has 0 unspecified atom stereocenters. The van der Waals surface area contributed by atoms with Gasteiger partial charge in [0.1, 0.15) is 17.6 Å². The van der Waals surface area contributed by atoms with E-state index in [1.54, 1.807) is 13.8 Å². The summed E-state index contributed by atoms with van der Waals surface area (Å²) in [5.41, 5.74) is 0. The second-order valence-electron chi connectivity index (χ2n) is 4.49. The van der Waals surface area contributed by atoms with Crippen molar-refractivity contribution in [1.29, 1.82) is 0 Å². The number of halogens is 2. The van der Waals surface area contributed by atoms with Crippen molar-refractivity contribution >= 4 is 27.8 Å². The van der Waals surface area contributed by atoms with E-state index in [0.29, 0.717) is 10.2 Å². The lowest BCUT2D eigenvalue weighted by atomic mass is 10.1. The maximum Gasteiger partial charge on any atom is 0.326 e. The fourth-order valence-corrected chi connectivity index (χ4v) is 1.93. The summed E-state index contributed by atoms with van der Waals surface area (Å²) in [6.45, 7) is 3.04. The van der Waals surface area contributed by atoms with Crippen molar-refractivity contribution < 1.29 is 23.8 Å². The van der Waals surface area contributed by atoms with E-state index in [1.165, 1.54) is 18.2 Å². The smallest absolute Gasteiger partial charge is 0.326 e. The fourth-order valence-electron chi connectivity index (χ4n) is 1.46. The average molecular weight is 348 g/mol. The lowest BCUT2D eigenvalue weighted by Gasteiger charge is -2.18. The minimum Gasteiger partial charge on any atom is -0.483 e. The van der Waals surface area contributed by atoms with E-state index >= 15 is 0 Å². The Kier molecular flexibility index (Phi) is 5.94.